The first-order chi connectivity index (χ1) is 12.1. The number of nitrogens with two attached hydrogens (primary N) is 1. The van der Waals surface area contributed by atoms with E-state index in [0.29, 0.717) is 17.1 Å². The molecule has 4 rings (SSSR count). The summed E-state index contributed by atoms with van der Waals surface area (Å²) in [6, 6.07) is 4.18. The minimum Gasteiger partial charge on any atom is -0.364 e. The molecule has 0 radical (unpaired) electrons. The molecule has 0 saturated carbocycles. The number of aromatic nitrogens is 2. The van der Waals surface area contributed by atoms with Crippen LogP contribution in [-0.4, -0.2) is 16.0 Å². The summed E-state index contributed by atoms with van der Waals surface area (Å²) in [5.41, 5.74) is 7.02. The van der Waals surface area contributed by atoms with Gasteiger partial charge in [0.05, 0.1) is 16.3 Å². The first-order valence-electron chi connectivity index (χ1n) is 7.95. The van der Waals surface area contributed by atoms with E-state index in [4.69, 9.17) is 28.9 Å². The van der Waals surface area contributed by atoms with E-state index >= 15 is 0 Å². The standard InChI is InChI=1S/C17H16Cl2N4S2/c18-12-13-15(25-14(12)10-5-1-2-6-11(10)20)16(23-17(19)22-13)21-8-9-4-3-7-24-9/h1-4,7,10-11H,5-6,8,20H2,(H,21,22,23)/t10-,11-/m0/s1. The SMILES string of the molecule is N[C@H]1CC=CC[C@@H]1c1sc2c(NCc3cccs3)nc(Cl)nc2c1Cl. The quantitative estimate of drug-likeness (QED) is 0.444. The summed E-state index contributed by atoms with van der Waals surface area (Å²) in [4.78, 5) is 11.0. The Kier molecular flexibility index (Phi) is 4.97. The molecule has 8 heteroatoms. The second-order valence-electron chi connectivity index (χ2n) is 5.95. The highest BCUT2D eigenvalue weighted by molar-refractivity contribution is 7.20. The molecule has 0 unspecified atom stereocenters. The third-order valence-electron chi connectivity index (χ3n) is 4.30. The summed E-state index contributed by atoms with van der Waals surface area (Å²) in [5.74, 6) is 0.932. The van der Waals surface area contributed by atoms with Crippen LogP contribution in [0, 0.1) is 0 Å². The van der Waals surface area contributed by atoms with Gasteiger partial charge in [0.1, 0.15) is 11.3 Å². The molecule has 25 heavy (non-hydrogen) atoms. The van der Waals surface area contributed by atoms with Gasteiger partial charge in [-0.25, -0.2) is 4.98 Å². The molecule has 3 heterocycles. The van der Waals surface area contributed by atoms with Gasteiger partial charge in [-0.2, -0.15) is 4.98 Å². The fourth-order valence-corrected chi connectivity index (χ4v) is 5.57. The maximum atomic E-state index is 6.66. The average molecular weight is 411 g/mol. The zero-order chi connectivity index (χ0) is 17.4. The molecule has 130 valence electrons. The molecule has 4 nitrogen and oxygen atoms in total. The molecule has 3 aromatic rings. The van der Waals surface area contributed by atoms with E-state index in [1.807, 2.05) is 6.07 Å². The molecule has 0 bridgehead atoms. The number of allylic oxidation sites excluding steroid dienone is 1. The smallest absolute Gasteiger partial charge is 0.225 e. The number of rotatable bonds is 4. The Hall–Kier alpha value is -1.18. The Balaban J connectivity index is 1.73. The Morgan fingerprint density at radius 3 is 2.84 bits per heavy atom. The lowest BCUT2D eigenvalue weighted by molar-refractivity contribution is 0.528. The maximum Gasteiger partial charge on any atom is 0.225 e. The van der Waals surface area contributed by atoms with Crippen LogP contribution in [0.2, 0.25) is 10.3 Å². The van der Waals surface area contributed by atoms with Crippen LogP contribution >= 0.6 is 45.9 Å². The number of hydrogen-bond donors (Lipinski definition) is 2. The molecular weight excluding hydrogens is 395 g/mol. The molecule has 3 N–H and O–H groups in total. The van der Waals surface area contributed by atoms with Crippen molar-refractivity contribution >= 4 is 61.9 Å². The van der Waals surface area contributed by atoms with Crippen LogP contribution < -0.4 is 11.1 Å². The van der Waals surface area contributed by atoms with Gasteiger partial charge in [-0.05, 0) is 35.9 Å². The van der Waals surface area contributed by atoms with Crippen LogP contribution in [0.1, 0.15) is 28.5 Å². The van der Waals surface area contributed by atoms with Gasteiger partial charge in [-0.15, -0.1) is 22.7 Å². The largest absolute Gasteiger partial charge is 0.364 e. The molecule has 0 saturated heterocycles. The molecule has 0 aromatic carbocycles. The van der Waals surface area contributed by atoms with Crippen molar-refractivity contribution in [3.05, 3.63) is 49.7 Å². The number of fused-ring (bicyclic) bond motifs is 1. The molecular formula is C17H16Cl2N4S2. The summed E-state index contributed by atoms with van der Waals surface area (Å²) >= 11 is 16.1. The van der Waals surface area contributed by atoms with E-state index in [1.54, 1.807) is 22.7 Å². The maximum absolute atomic E-state index is 6.66. The molecule has 0 amide bonds. The monoisotopic (exact) mass is 410 g/mol. The van der Waals surface area contributed by atoms with Gasteiger partial charge in [0, 0.05) is 21.7 Å². The van der Waals surface area contributed by atoms with Crippen LogP contribution in [0.5, 0.6) is 0 Å². The lowest BCUT2D eigenvalue weighted by Crippen LogP contribution is -2.29. The molecule has 0 fully saturated rings. The van der Waals surface area contributed by atoms with E-state index in [0.717, 1.165) is 28.2 Å². The van der Waals surface area contributed by atoms with Crippen LogP contribution in [0.4, 0.5) is 5.82 Å². The Morgan fingerprint density at radius 2 is 2.08 bits per heavy atom. The Morgan fingerprint density at radius 1 is 1.24 bits per heavy atom. The van der Waals surface area contributed by atoms with Crippen molar-refractivity contribution in [2.45, 2.75) is 31.3 Å². The second kappa shape index (κ2) is 7.21. The molecule has 0 spiro atoms. The fourth-order valence-electron chi connectivity index (χ4n) is 3.02. The van der Waals surface area contributed by atoms with Crippen molar-refractivity contribution in [2.75, 3.05) is 5.32 Å². The minimum absolute atomic E-state index is 0.0709. The molecule has 1 aliphatic rings. The minimum atomic E-state index is 0.0709. The molecule has 0 aliphatic heterocycles. The fraction of sp³-hybridized carbons (Fsp3) is 0.294. The summed E-state index contributed by atoms with van der Waals surface area (Å²) in [5, 5.41) is 6.27. The number of hydrogen-bond acceptors (Lipinski definition) is 6. The Labute approximate surface area is 163 Å². The summed E-state index contributed by atoms with van der Waals surface area (Å²) < 4.78 is 0.933. The van der Waals surface area contributed by atoms with Crippen molar-refractivity contribution < 1.29 is 0 Å². The van der Waals surface area contributed by atoms with Gasteiger partial charge in [0.25, 0.3) is 0 Å². The van der Waals surface area contributed by atoms with E-state index < -0.39 is 0 Å². The summed E-state index contributed by atoms with van der Waals surface area (Å²) in [6.45, 7) is 0.691. The first-order valence-corrected chi connectivity index (χ1v) is 10.4. The van der Waals surface area contributed by atoms with Gasteiger partial charge in [0.15, 0.2) is 0 Å². The van der Waals surface area contributed by atoms with Crippen molar-refractivity contribution in [1.82, 2.24) is 9.97 Å². The normalized spacial score (nSPS) is 20.3. The van der Waals surface area contributed by atoms with Crippen LogP contribution in [0.3, 0.4) is 0 Å². The van der Waals surface area contributed by atoms with Crippen LogP contribution in [0.15, 0.2) is 29.7 Å². The second-order valence-corrected chi connectivity index (χ2v) is 8.75. The van der Waals surface area contributed by atoms with Crippen LogP contribution in [0.25, 0.3) is 10.2 Å². The molecule has 1 aliphatic carbocycles. The molecule has 2 atom stereocenters. The highest BCUT2D eigenvalue weighted by atomic mass is 35.5. The highest BCUT2D eigenvalue weighted by Crippen LogP contribution is 2.44. The summed E-state index contributed by atoms with van der Waals surface area (Å²) in [6.07, 6.45) is 6.06. The van der Waals surface area contributed by atoms with Crippen molar-refractivity contribution in [3.63, 3.8) is 0 Å². The average Bonchev–Trinajstić information content (AvgIpc) is 3.22. The first kappa shape index (κ1) is 17.2. The third-order valence-corrected chi connectivity index (χ3v) is 7.16. The predicted molar refractivity (Wildman–Crippen MR) is 108 cm³/mol. The number of anilines is 1. The van der Waals surface area contributed by atoms with Gasteiger partial charge in [-0.1, -0.05) is 29.8 Å². The predicted octanol–water partition coefficient (Wildman–Crippen LogP) is 5.43. The van der Waals surface area contributed by atoms with Gasteiger partial charge in [-0.3, -0.25) is 0 Å². The summed E-state index contributed by atoms with van der Waals surface area (Å²) in [7, 11) is 0. The third kappa shape index (κ3) is 3.41. The van der Waals surface area contributed by atoms with Gasteiger partial charge < -0.3 is 11.1 Å². The van der Waals surface area contributed by atoms with E-state index in [9.17, 15) is 0 Å². The lowest BCUT2D eigenvalue weighted by Gasteiger charge is -2.24. The number of nitrogens with zero attached hydrogens (tertiary/aromatic N) is 2. The molecule has 3 aromatic heterocycles. The topological polar surface area (TPSA) is 63.8 Å². The number of halogens is 2. The van der Waals surface area contributed by atoms with Crippen molar-refractivity contribution in [3.8, 4) is 0 Å². The van der Waals surface area contributed by atoms with E-state index in [-0.39, 0.29) is 17.2 Å². The van der Waals surface area contributed by atoms with Crippen LogP contribution in [-0.2, 0) is 6.54 Å². The van der Waals surface area contributed by atoms with E-state index in [2.05, 4.69) is 38.9 Å². The van der Waals surface area contributed by atoms with Crippen molar-refractivity contribution in [2.24, 2.45) is 5.73 Å². The lowest BCUT2D eigenvalue weighted by atomic mass is 9.88. The van der Waals surface area contributed by atoms with Gasteiger partial charge >= 0.3 is 0 Å². The van der Waals surface area contributed by atoms with Crippen molar-refractivity contribution in [1.29, 1.82) is 0 Å². The zero-order valence-electron chi connectivity index (χ0n) is 13.2. The highest BCUT2D eigenvalue weighted by Gasteiger charge is 2.27. The van der Waals surface area contributed by atoms with Gasteiger partial charge in [0.2, 0.25) is 5.28 Å². The zero-order valence-corrected chi connectivity index (χ0v) is 16.4. The number of thiophene rings is 2. The Bertz CT molecular complexity index is 921. The number of nitrogens with one attached hydrogen (secondary N) is 1. The van der Waals surface area contributed by atoms with E-state index in [1.165, 1.54) is 4.88 Å².